The lowest BCUT2D eigenvalue weighted by Gasteiger charge is -2.29. The Labute approximate surface area is 98.3 Å². The minimum absolute atomic E-state index is 0.122. The molecule has 0 aromatic heterocycles. The van der Waals surface area contributed by atoms with E-state index in [0.717, 1.165) is 0 Å². The highest BCUT2D eigenvalue weighted by Gasteiger charge is 2.25. The van der Waals surface area contributed by atoms with E-state index < -0.39 is 11.6 Å². The van der Waals surface area contributed by atoms with Crippen molar-refractivity contribution in [2.75, 3.05) is 6.61 Å². The summed E-state index contributed by atoms with van der Waals surface area (Å²) in [5, 5.41) is 26.2. The smallest absolute Gasteiger partial charge is 0.305 e. The van der Waals surface area contributed by atoms with Crippen LogP contribution in [-0.4, -0.2) is 33.5 Å². The van der Waals surface area contributed by atoms with Gasteiger partial charge in [0.1, 0.15) is 0 Å². The first-order chi connectivity index (χ1) is 6.91. The molecule has 3 N–H and O–H groups in total. The molecule has 0 heterocycles. The number of aliphatic carboxylic acids is 1. The van der Waals surface area contributed by atoms with E-state index in [9.17, 15) is 9.90 Å². The fourth-order valence-electron chi connectivity index (χ4n) is 1.23. The molecule has 4 heteroatoms. The molecule has 0 unspecified atom stereocenters. The third-order valence-electron chi connectivity index (χ3n) is 1.83. The third kappa shape index (κ3) is 13.4. The van der Waals surface area contributed by atoms with Gasteiger partial charge in [-0.15, -0.1) is 0 Å². The molecule has 0 atom stereocenters. The van der Waals surface area contributed by atoms with Gasteiger partial charge in [0.15, 0.2) is 0 Å². The Hall–Kier alpha value is -0.610. The number of hydrogen-bond acceptors (Lipinski definition) is 3. The van der Waals surface area contributed by atoms with Crippen molar-refractivity contribution in [2.24, 2.45) is 11.3 Å². The van der Waals surface area contributed by atoms with Gasteiger partial charge in [-0.25, -0.2) is 0 Å². The van der Waals surface area contributed by atoms with E-state index in [-0.39, 0.29) is 17.9 Å². The normalized spacial score (nSPS) is 12.1. The van der Waals surface area contributed by atoms with Crippen molar-refractivity contribution in [3.8, 4) is 0 Å². The van der Waals surface area contributed by atoms with Crippen LogP contribution in [0.4, 0.5) is 0 Å². The fourth-order valence-corrected chi connectivity index (χ4v) is 1.23. The van der Waals surface area contributed by atoms with Gasteiger partial charge in [0.2, 0.25) is 0 Å². The SMILES string of the molecule is CC(C)(O)CC(C)(C)CO.CC(C)C(=O)O. The minimum Gasteiger partial charge on any atom is -0.481 e. The molecule has 0 saturated carbocycles. The van der Waals surface area contributed by atoms with Gasteiger partial charge in [-0.1, -0.05) is 27.7 Å². The molecule has 0 aromatic carbocycles. The summed E-state index contributed by atoms with van der Waals surface area (Å²) in [7, 11) is 0. The molecule has 0 bridgehead atoms. The van der Waals surface area contributed by atoms with Crippen LogP contribution in [0.2, 0.25) is 0 Å². The number of hydrogen-bond donors (Lipinski definition) is 3. The topological polar surface area (TPSA) is 77.8 Å². The maximum atomic E-state index is 9.70. The summed E-state index contributed by atoms with van der Waals surface area (Å²) in [6, 6.07) is 0. The van der Waals surface area contributed by atoms with Gasteiger partial charge < -0.3 is 15.3 Å². The monoisotopic (exact) mass is 234 g/mol. The summed E-state index contributed by atoms with van der Waals surface area (Å²) in [4.78, 5) is 9.70. The number of aliphatic hydroxyl groups is 2. The molecule has 0 rings (SSSR count). The van der Waals surface area contributed by atoms with E-state index in [1.165, 1.54) is 0 Å². The van der Waals surface area contributed by atoms with Crippen molar-refractivity contribution in [1.29, 1.82) is 0 Å². The Bertz CT molecular complexity index is 202. The largest absolute Gasteiger partial charge is 0.481 e. The summed E-state index contributed by atoms with van der Waals surface area (Å²) >= 11 is 0. The van der Waals surface area contributed by atoms with Crippen LogP contribution in [0.1, 0.15) is 48.0 Å². The Morgan fingerprint density at radius 3 is 1.56 bits per heavy atom. The molecule has 16 heavy (non-hydrogen) atoms. The van der Waals surface area contributed by atoms with Gasteiger partial charge >= 0.3 is 5.97 Å². The molecule has 0 radical (unpaired) electrons. The van der Waals surface area contributed by atoms with E-state index >= 15 is 0 Å². The lowest BCUT2D eigenvalue weighted by atomic mass is 9.83. The molecule has 0 saturated heterocycles. The summed E-state index contributed by atoms with van der Waals surface area (Å²) in [5.74, 6) is -0.972. The highest BCUT2D eigenvalue weighted by molar-refractivity contribution is 5.68. The minimum atomic E-state index is -0.741. The number of aliphatic hydroxyl groups excluding tert-OH is 1. The number of rotatable bonds is 4. The van der Waals surface area contributed by atoms with Crippen LogP contribution < -0.4 is 0 Å². The Kier molecular flexibility index (Phi) is 7.62. The number of carbonyl (C=O) groups is 1. The molecule has 98 valence electrons. The average Bonchev–Trinajstić information content (AvgIpc) is 2.01. The van der Waals surface area contributed by atoms with E-state index in [4.69, 9.17) is 10.2 Å². The maximum absolute atomic E-state index is 9.70. The fraction of sp³-hybridized carbons (Fsp3) is 0.917. The maximum Gasteiger partial charge on any atom is 0.305 e. The van der Waals surface area contributed by atoms with Crippen LogP contribution in [0, 0.1) is 11.3 Å². The van der Waals surface area contributed by atoms with Gasteiger partial charge in [-0.3, -0.25) is 4.79 Å². The van der Waals surface area contributed by atoms with Gasteiger partial charge in [0.05, 0.1) is 11.5 Å². The lowest BCUT2D eigenvalue weighted by molar-refractivity contribution is -0.140. The first-order valence-electron chi connectivity index (χ1n) is 5.47. The lowest BCUT2D eigenvalue weighted by Crippen LogP contribution is -2.30. The van der Waals surface area contributed by atoms with Crippen molar-refractivity contribution >= 4 is 5.97 Å². The van der Waals surface area contributed by atoms with Crippen LogP contribution in [0.3, 0.4) is 0 Å². The summed E-state index contributed by atoms with van der Waals surface area (Å²) in [5.41, 5.74) is -0.843. The van der Waals surface area contributed by atoms with Crippen molar-refractivity contribution in [3.63, 3.8) is 0 Å². The van der Waals surface area contributed by atoms with Crippen molar-refractivity contribution in [1.82, 2.24) is 0 Å². The van der Waals surface area contributed by atoms with Crippen LogP contribution in [0.5, 0.6) is 0 Å². The van der Waals surface area contributed by atoms with E-state index in [2.05, 4.69) is 0 Å². The molecule has 0 aliphatic rings. The predicted molar refractivity (Wildman–Crippen MR) is 64.3 cm³/mol. The Morgan fingerprint density at radius 2 is 1.50 bits per heavy atom. The van der Waals surface area contributed by atoms with E-state index in [0.29, 0.717) is 6.42 Å². The Balaban J connectivity index is 0. The molecule has 0 aliphatic heterocycles. The second-order valence-electron chi connectivity index (χ2n) is 5.80. The van der Waals surface area contributed by atoms with E-state index in [1.807, 2.05) is 13.8 Å². The van der Waals surface area contributed by atoms with Crippen molar-refractivity contribution < 1.29 is 20.1 Å². The summed E-state index contributed by atoms with van der Waals surface area (Å²) in [6.07, 6.45) is 0.622. The van der Waals surface area contributed by atoms with Crippen LogP contribution in [-0.2, 0) is 4.79 Å². The average molecular weight is 234 g/mol. The highest BCUT2D eigenvalue weighted by Crippen LogP contribution is 2.26. The highest BCUT2D eigenvalue weighted by atomic mass is 16.4. The molecule has 0 spiro atoms. The molecule has 0 amide bonds. The number of carboxylic acids is 1. The second-order valence-corrected chi connectivity index (χ2v) is 5.80. The summed E-state index contributed by atoms with van der Waals surface area (Å²) < 4.78 is 0. The van der Waals surface area contributed by atoms with Gasteiger partial charge in [0, 0.05) is 6.61 Å². The second kappa shape index (κ2) is 6.86. The van der Waals surface area contributed by atoms with Gasteiger partial charge in [-0.2, -0.15) is 0 Å². The van der Waals surface area contributed by atoms with E-state index in [1.54, 1.807) is 27.7 Å². The third-order valence-corrected chi connectivity index (χ3v) is 1.83. The standard InChI is InChI=1S/C8H18O2.C4H8O2/c1-7(2,6-9)5-8(3,4)10;1-3(2)4(5)6/h9-10H,5-6H2,1-4H3;3H,1-2H3,(H,5,6). The zero-order valence-corrected chi connectivity index (χ0v) is 11.2. The Morgan fingerprint density at radius 1 is 1.19 bits per heavy atom. The first kappa shape index (κ1) is 17.8. The molecule has 4 nitrogen and oxygen atoms in total. The van der Waals surface area contributed by atoms with Gasteiger partial charge in [0.25, 0.3) is 0 Å². The zero-order valence-electron chi connectivity index (χ0n) is 11.2. The molecule has 0 aromatic rings. The van der Waals surface area contributed by atoms with Crippen LogP contribution in [0.15, 0.2) is 0 Å². The first-order valence-corrected chi connectivity index (χ1v) is 5.47. The molecule has 0 aliphatic carbocycles. The summed E-state index contributed by atoms with van der Waals surface area (Å²) in [6.45, 7) is 10.8. The van der Waals surface area contributed by atoms with Crippen LogP contribution >= 0.6 is 0 Å². The van der Waals surface area contributed by atoms with Crippen LogP contribution in [0.25, 0.3) is 0 Å². The van der Waals surface area contributed by atoms with Crippen molar-refractivity contribution in [3.05, 3.63) is 0 Å². The zero-order chi connectivity index (χ0) is 13.6. The number of carboxylic acid groups (broad SMARTS) is 1. The molecular weight excluding hydrogens is 208 g/mol. The predicted octanol–water partition coefficient (Wildman–Crippen LogP) is 1.89. The molecular formula is C12H26O4. The molecule has 0 fully saturated rings. The quantitative estimate of drug-likeness (QED) is 0.694. The van der Waals surface area contributed by atoms with Gasteiger partial charge in [-0.05, 0) is 25.7 Å². The van der Waals surface area contributed by atoms with Crippen molar-refractivity contribution in [2.45, 2.75) is 53.6 Å².